The van der Waals surface area contributed by atoms with Crippen molar-refractivity contribution in [2.45, 2.75) is 0 Å². The molecule has 1 aliphatic carbocycles. The number of nitriles is 1. The molecule has 0 amide bonds. The third-order valence-electron chi connectivity index (χ3n) is 12.3. The molecule has 0 N–H and O–H groups in total. The Morgan fingerprint density at radius 3 is 1.55 bits per heavy atom. The summed E-state index contributed by atoms with van der Waals surface area (Å²) in [5.74, 6) is 1.61. The van der Waals surface area contributed by atoms with Gasteiger partial charge in [-0.3, -0.25) is 0 Å². The highest BCUT2D eigenvalue weighted by Gasteiger charge is 2.24. The molecule has 0 spiro atoms. The third kappa shape index (κ3) is 5.64. The molecule has 286 valence electrons. The number of hydrogen-bond acceptors (Lipinski definition) is 4. The van der Waals surface area contributed by atoms with Gasteiger partial charge in [0.2, 0.25) is 0 Å². The fourth-order valence-electron chi connectivity index (χ4n) is 9.54. The zero-order valence-electron chi connectivity index (χ0n) is 33.4. The van der Waals surface area contributed by atoms with Crippen molar-refractivity contribution in [2.75, 3.05) is 0 Å². The summed E-state index contributed by atoms with van der Waals surface area (Å²) in [5, 5.41) is 18.0. The minimum Gasteiger partial charge on any atom is -0.208 e. The second-order valence-corrected chi connectivity index (χ2v) is 15.8. The Morgan fingerprint density at radius 2 is 0.806 bits per heavy atom. The molecule has 10 aromatic carbocycles. The van der Waals surface area contributed by atoms with E-state index in [4.69, 9.17) is 15.0 Å². The first kappa shape index (κ1) is 35.4. The molecule has 1 aliphatic rings. The van der Waals surface area contributed by atoms with E-state index in [1.807, 2.05) is 54.6 Å². The van der Waals surface area contributed by atoms with Crippen molar-refractivity contribution in [3.8, 4) is 95.9 Å². The summed E-state index contributed by atoms with van der Waals surface area (Å²) in [7, 11) is 0. The van der Waals surface area contributed by atoms with E-state index in [1.54, 1.807) is 0 Å². The van der Waals surface area contributed by atoms with Crippen molar-refractivity contribution in [1.82, 2.24) is 15.0 Å². The monoisotopic (exact) mass is 786 g/mol. The maximum Gasteiger partial charge on any atom is 0.164 e. The van der Waals surface area contributed by atoms with Crippen LogP contribution < -0.4 is 0 Å². The Balaban J connectivity index is 1.02. The van der Waals surface area contributed by atoms with Crippen LogP contribution in [0, 0.1) is 11.3 Å². The minimum atomic E-state index is 0.496. The van der Waals surface area contributed by atoms with E-state index < -0.39 is 0 Å². The van der Waals surface area contributed by atoms with Crippen LogP contribution >= 0.6 is 0 Å². The van der Waals surface area contributed by atoms with E-state index in [1.165, 1.54) is 49.4 Å². The molecule has 0 unspecified atom stereocenters. The van der Waals surface area contributed by atoms with Crippen molar-refractivity contribution in [2.24, 2.45) is 0 Å². The molecule has 11 aromatic rings. The van der Waals surface area contributed by atoms with Crippen LogP contribution in [0.2, 0.25) is 0 Å². The van der Waals surface area contributed by atoms with Crippen LogP contribution in [0.5, 0.6) is 0 Å². The minimum absolute atomic E-state index is 0.496. The fraction of sp³-hybridized carbons (Fsp3) is 0. The third-order valence-corrected chi connectivity index (χ3v) is 12.3. The lowest BCUT2D eigenvalue weighted by Gasteiger charge is -2.18. The van der Waals surface area contributed by atoms with E-state index in [2.05, 4.69) is 158 Å². The molecule has 62 heavy (non-hydrogen) atoms. The Morgan fingerprint density at radius 1 is 0.306 bits per heavy atom. The van der Waals surface area contributed by atoms with Gasteiger partial charge in [0.05, 0.1) is 11.6 Å². The number of nitrogens with zero attached hydrogens (tertiary/aromatic N) is 4. The topological polar surface area (TPSA) is 62.5 Å². The normalized spacial score (nSPS) is 11.5. The van der Waals surface area contributed by atoms with Gasteiger partial charge < -0.3 is 0 Å². The molecule has 0 saturated carbocycles. The first-order valence-electron chi connectivity index (χ1n) is 20.8. The number of fused-ring (bicyclic) bond motifs is 6. The van der Waals surface area contributed by atoms with Crippen molar-refractivity contribution in [3.63, 3.8) is 0 Å². The zero-order chi connectivity index (χ0) is 41.1. The molecule has 0 atom stereocenters. The van der Waals surface area contributed by atoms with Crippen LogP contribution in [0.4, 0.5) is 0 Å². The highest BCUT2D eigenvalue weighted by atomic mass is 15.0. The predicted molar refractivity (Wildman–Crippen MR) is 254 cm³/mol. The highest BCUT2D eigenvalue weighted by molar-refractivity contribution is 6.19. The highest BCUT2D eigenvalue weighted by Crippen LogP contribution is 2.49. The second kappa shape index (κ2) is 14.3. The summed E-state index contributed by atoms with van der Waals surface area (Å²) in [4.78, 5) is 15.5. The summed E-state index contributed by atoms with van der Waals surface area (Å²) >= 11 is 0. The second-order valence-electron chi connectivity index (χ2n) is 15.8. The molecule has 1 heterocycles. The zero-order valence-corrected chi connectivity index (χ0v) is 33.4. The summed E-state index contributed by atoms with van der Waals surface area (Å²) in [6.45, 7) is 0. The number of benzene rings is 10. The summed E-state index contributed by atoms with van der Waals surface area (Å²) in [5.41, 5.74) is 14.3. The molecule has 4 nitrogen and oxygen atoms in total. The largest absolute Gasteiger partial charge is 0.208 e. The molecule has 0 saturated heterocycles. The molecule has 0 aliphatic heterocycles. The van der Waals surface area contributed by atoms with E-state index in [0.717, 1.165) is 55.3 Å². The maximum atomic E-state index is 10.8. The van der Waals surface area contributed by atoms with Crippen LogP contribution in [0.1, 0.15) is 5.56 Å². The summed E-state index contributed by atoms with van der Waals surface area (Å²) in [6, 6.07) is 74.4. The standard InChI is InChI=1S/C58H34N4/c59-35-40-17-12-27-52(54(40)49-24-11-10-23-47(49)53-34-39-16-4-5-18-41(39)43-19-6-9-22-46(43)53)58-61-56(37-14-2-1-3-15-37)60-57(62-58)38-30-28-36(29-31-38)42-32-33-51-45-21-8-7-20-44(45)50-26-13-25-48(42)55(50)51/h1-34H. The summed E-state index contributed by atoms with van der Waals surface area (Å²) in [6.07, 6.45) is 0. The van der Waals surface area contributed by atoms with Gasteiger partial charge in [-0.2, -0.15) is 5.26 Å². The van der Waals surface area contributed by atoms with Gasteiger partial charge in [0.25, 0.3) is 0 Å². The molecular formula is C58H34N4. The number of hydrogen-bond donors (Lipinski definition) is 0. The Bertz CT molecular complexity index is 3610. The van der Waals surface area contributed by atoms with Gasteiger partial charge >= 0.3 is 0 Å². The molecule has 0 fully saturated rings. The molecular weight excluding hydrogens is 753 g/mol. The van der Waals surface area contributed by atoms with Crippen LogP contribution in [0.3, 0.4) is 0 Å². The Labute approximate surface area is 358 Å². The van der Waals surface area contributed by atoms with Gasteiger partial charge in [-0.05, 0) is 94.5 Å². The molecule has 12 rings (SSSR count). The lowest BCUT2D eigenvalue weighted by molar-refractivity contribution is 1.07. The SMILES string of the molecule is N#Cc1cccc(-c2nc(-c3ccccc3)nc(-c3ccc(-c4ccc5c6c(cccc46)-c4ccccc4-5)cc3)n2)c1-c1ccccc1-c1cc2ccccc2c2ccccc12. The quantitative estimate of drug-likeness (QED) is 0.158. The van der Waals surface area contributed by atoms with E-state index >= 15 is 0 Å². The van der Waals surface area contributed by atoms with Crippen molar-refractivity contribution in [3.05, 3.63) is 212 Å². The number of rotatable bonds is 6. The summed E-state index contributed by atoms with van der Waals surface area (Å²) < 4.78 is 0. The van der Waals surface area contributed by atoms with Crippen LogP contribution in [-0.2, 0) is 0 Å². The molecule has 1 aromatic heterocycles. The molecule has 0 bridgehead atoms. The van der Waals surface area contributed by atoms with Crippen molar-refractivity contribution >= 4 is 32.3 Å². The van der Waals surface area contributed by atoms with Gasteiger partial charge in [0.15, 0.2) is 17.5 Å². The smallest absolute Gasteiger partial charge is 0.164 e. The maximum absolute atomic E-state index is 10.8. The van der Waals surface area contributed by atoms with E-state index in [9.17, 15) is 5.26 Å². The first-order valence-corrected chi connectivity index (χ1v) is 20.8. The fourth-order valence-corrected chi connectivity index (χ4v) is 9.54. The van der Waals surface area contributed by atoms with Crippen LogP contribution in [-0.4, -0.2) is 15.0 Å². The average molecular weight is 787 g/mol. The first-order chi connectivity index (χ1) is 30.7. The lowest BCUT2D eigenvalue weighted by Crippen LogP contribution is -2.02. The van der Waals surface area contributed by atoms with Gasteiger partial charge in [-0.1, -0.05) is 194 Å². The van der Waals surface area contributed by atoms with E-state index in [-0.39, 0.29) is 0 Å². The average Bonchev–Trinajstić information content (AvgIpc) is 3.68. The van der Waals surface area contributed by atoms with Gasteiger partial charge in [-0.25, -0.2) is 15.0 Å². The molecule has 0 radical (unpaired) electrons. The van der Waals surface area contributed by atoms with Crippen LogP contribution in [0.15, 0.2) is 206 Å². The van der Waals surface area contributed by atoms with Crippen LogP contribution in [0.25, 0.3) is 122 Å². The lowest BCUT2D eigenvalue weighted by atomic mass is 9.86. The van der Waals surface area contributed by atoms with Gasteiger partial charge in [-0.15, -0.1) is 0 Å². The predicted octanol–water partition coefficient (Wildman–Crippen LogP) is 14.9. The van der Waals surface area contributed by atoms with Gasteiger partial charge in [0.1, 0.15) is 0 Å². The van der Waals surface area contributed by atoms with E-state index in [0.29, 0.717) is 23.0 Å². The number of aromatic nitrogens is 3. The van der Waals surface area contributed by atoms with Gasteiger partial charge in [0, 0.05) is 22.3 Å². The Kier molecular flexibility index (Phi) is 8.19. The van der Waals surface area contributed by atoms with Crippen molar-refractivity contribution < 1.29 is 0 Å². The Hall–Kier alpha value is -8.52. The molecule has 4 heteroatoms. The van der Waals surface area contributed by atoms with Crippen molar-refractivity contribution in [1.29, 1.82) is 5.26 Å².